The lowest BCUT2D eigenvalue weighted by molar-refractivity contribution is -0.152. The Labute approximate surface area is 182 Å². The normalized spacial score (nSPS) is 14.5. The van der Waals surface area contributed by atoms with Gasteiger partial charge in [0.2, 0.25) is 5.78 Å². The molecule has 1 aliphatic heterocycles. The quantitative estimate of drug-likeness (QED) is 0.616. The van der Waals surface area contributed by atoms with Crippen molar-refractivity contribution in [3.63, 3.8) is 0 Å². The van der Waals surface area contributed by atoms with E-state index in [1.54, 1.807) is 24.3 Å². The topological polar surface area (TPSA) is 82.1 Å². The van der Waals surface area contributed by atoms with Gasteiger partial charge in [-0.05, 0) is 80.6 Å². The molecule has 0 bridgehead atoms. The molecule has 0 aromatic heterocycles. The van der Waals surface area contributed by atoms with Gasteiger partial charge in [-0.2, -0.15) is 0 Å². The number of aliphatic carboxylic acids is 1. The molecule has 6 heteroatoms. The maximum atomic E-state index is 12.8. The highest BCUT2D eigenvalue weighted by atomic mass is 16.5. The van der Waals surface area contributed by atoms with Crippen molar-refractivity contribution in [1.29, 1.82) is 0 Å². The molecule has 0 amide bonds. The summed E-state index contributed by atoms with van der Waals surface area (Å²) in [6, 6.07) is 8.90. The van der Waals surface area contributed by atoms with Crippen LogP contribution in [0.3, 0.4) is 0 Å². The van der Waals surface area contributed by atoms with Crippen molar-refractivity contribution in [2.24, 2.45) is 5.92 Å². The SMILES string of the molecule is Cc1cc(/C=C2\Oc3cc(OCC(C)C)ccc3C2=O)cc(C)c1OC(C)(C)C(=O)O. The molecule has 0 saturated heterocycles. The fourth-order valence-electron chi connectivity index (χ4n) is 3.20. The second-order valence-electron chi connectivity index (χ2n) is 8.70. The fourth-order valence-corrected chi connectivity index (χ4v) is 3.20. The van der Waals surface area contributed by atoms with Gasteiger partial charge in [0.05, 0.1) is 12.2 Å². The van der Waals surface area contributed by atoms with Crippen molar-refractivity contribution in [2.75, 3.05) is 6.61 Å². The number of carbonyl (C=O) groups is 2. The summed E-state index contributed by atoms with van der Waals surface area (Å²) in [6.45, 7) is 11.4. The van der Waals surface area contributed by atoms with Gasteiger partial charge in [-0.25, -0.2) is 4.79 Å². The third-order valence-corrected chi connectivity index (χ3v) is 4.88. The first-order valence-corrected chi connectivity index (χ1v) is 10.2. The summed E-state index contributed by atoms with van der Waals surface area (Å²) >= 11 is 0. The first-order chi connectivity index (χ1) is 14.5. The molecule has 164 valence electrons. The number of allylic oxidation sites excluding steroid dienone is 1. The highest BCUT2D eigenvalue weighted by Crippen LogP contribution is 2.36. The van der Waals surface area contributed by atoms with Crippen LogP contribution in [-0.2, 0) is 4.79 Å². The summed E-state index contributed by atoms with van der Waals surface area (Å²) in [5, 5.41) is 9.33. The molecule has 1 heterocycles. The Kier molecular flexibility index (Phi) is 6.11. The van der Waals surface area contributed by atoms with Crippen molar-refractivity contribution in [3.05, 3.63) is 58.3 Å². The van der Waals surface area contributed by atoms with Crippen LogP contribution < -0.4 is 14.2 Å². The van der Waals surface area contributed by atoms with Gasteiger partial charge in [0, 0.05) is 6.07 Å². The minimum Gasteiger partial charge on any atom is -0.493 e. The zero-order valence-electron chi connectivity index (χ0n) is 18.7. The summed E-state index contributed by atoms with van der Waals surface area (Å²) in [6.07, 6.45) is 1.68. The van der Waals surface area contributed by atoms with Crippen LogP contribution in [0.25, 0.3) is 6.08 Å². The molecule has 0 aliphatic carbocycles. The van der Waals surface area contributed by atoms with E-state index in [2.05, 4.69) is 13.8 Å². The van der Waals surface area contributed by atoms with Gasteiger partial charge in [-0.15, -0.1) is 0 Å². The third kappa shape index (κ3) is 4.90. The van der Waals surface area contributed by atoms with Crippen molar-refractivity contribution < 1.29 is 28.9 Å². The lowest BCUT2D eigenvalue weighted by atomic mass is 10.0. The number of fused-ring (bicyclic) bond motifs is 1. The van der Waals surface area contributed by atoms with Gasteiger partial charge >= 0.3 is 5.97 Å². The smallest absolute Gasteiger partial charge is 0.347 e. The summed E-state index contributed by atoms with van der Waals surface area (Å²) in [5.41, 5.74) is 1.46. The number of hydrogen-bond acceptors (Lipinski definition) is 5. The molecular formula is C25H28O6. The minimum atomic E-state index is -1.35. The van der Waals surface area contributed by atoms with Crippen LogP contribution in [0.15, 0.2) is 36.1 Å². The lowest BCUT2D eigenvalue weighted by Crippen LogP contribution is -2.38. The van der Waals surface area contributed by atoms with Gasteiger partial charge in [0.25, 0.3) is 0 Å². The first kappa shape index (κ1) is 22.4. The van der Waals surface area contributed by atoms with Crippen molar-refractivity contribution in [2.45, 2.75) is 47.1 Å². The predicted molar refractivity (Wildman–Crippen MR) is 118 cm³/mol. The zero-order valence-corrected chi connectivity index (χ0v) is 18.7. The molecule has 6 nitrogen and oxygen atoms in total. The molecule has 31 heavy (non-hydrogen) atoms. The number of aryl methyl sites for hydroxylation is 2. The number of hydrogen-bond donors (Lipinski definition) is 1. The predicted octanol–water partition coefficient (Wildman–Crippen LogP) is 5.20. The Hall–Kier alpha value is -3.28. The number of carboxylic acids is 1. The van der Waals surface area contributed by atoms with E-state index < -0.39 is 11.6 Å². The molecule has 0 unspecified atom stereocenters. The molecule has 2 aromatic carbocycles. The number of carboxylic acid groups (broad SMARTS) is 1. The Morgan fingerprint density at radius 3 is 2.39 bits per heavy atom. The Morgan fingerprint density at radius 1 is 1.16 bits per heavy atom. The van der Waals surface area contributed by atoms with E-state index >= 15 is 0 Å². The third-order valence-electron chi connectivity index (χ3n) is 4.88. The Bertz CT molecular complexity index is 1040. The van der Waals surface area contributed by atoms with Gasteiger partial charge in [0.1, 0.15) is 17.2 Å². The molecular weight excluding hydrogens is 396 g/mol. The second-order valence-corrected chi connectivity index (χ2v) is 8.70. The van der Waals surface area contributed by atoms with Gasteiger partial charge in [0.15, 0.2) is 11.4 Å². The molecule has 0 radical (unpaired) electrons. The number of Topliss-reactive ketones (excluding diaryl/α,β-unsaturated/α-hetero) is 1. The average Bonchev–Trinajstić information content (AvgIpc) is 2.98. The van der Waals surface area contributed by atoms with E-state index in [1.165, 1.54) is 13.8 Å². The molecule has 1 N–H and O–H groups in total. The molecule has 2 aromatic rings. The largest absolute Gasteiger partial charge is 0.493 e. The Morgan fingerprint density at radius 2 is 1.81 bits per heavy atom. The number of ketones is 1. The minimum absolute atomic E-state index is 0.187. The average molecular weight is 424 g/mol. The van der Waals surface area contributed by atoms with Crippen LogP contribution in [0.4, 0.5) is 0 Å². The van der Waals surface area contributed by atoms with E-state index in [0.29, 0.717) is 35.3 Å². The first-order valence-electron chi connectivity index (χ1n) is 10.2. The maximum absolute atomic E-state index is 12.8. The van der Waals surface area contributed by atoms with E-state index in [1.807, 2.05) is 26.0 Å². The van der Waals surface area contributed by atoms with Gasteiger partial charge in [-0.1, -0.05) is 13.8 Å². The van der Waals surface area contributed by atoms with Crippen LogP contribution >= 0.6 is 0 Å². The van der Waals surface area contributed by atoms with Crippen LogP contribution in [0.1, 0.15) is 54.7 Å². The van der Waals surface area contributed by atoms with Crippen molar-refractivity contribution in [1.82, 2.24) is 0 Å². The van der Waals surface area contributed by atoms with Gasteiger partial charge in [-0.3, -0.25) is 4.79 Å². The van der Waals surface area contributed by atoms with E-state index in [9.17, 15) is 14.7 Å². The van der Waals surface area contributed by atoms with Crippen LogP contribution in [0, 0.1) is 19.8 Å². The summed E-state index contributed by atoms with van der Waals surface area (Å²) in [4.78, 5) is 24.1. The monoisotopic (exact) mass is 424 g/mol. The summed E-state index contributed by atoms with van der Waals surface area (Å²) < 4.78 is 17.3. The van der Waals surface area contributed by atoms with Crippen LogP contribution in [0.5, 0.6) is 17.2 Å². The highest BCUT2D eigenvalue weighted by molar-refractivity contribution is 6.14. The second kappa shape index (κ2) is 8.46. The maximum Gasteiger partial charge on any atom is 0.347 e. The Balaban J connectivity index is 1.85. The number of ether oxygens (including phenoxy) is 3. The molecule has 3 rings (SSSR count). The van der Waals surface area contributed by atoms with E-state index in [0.717, 1.165) is 16.7 Å². The van der Waals surface area contributed by atoms with Crippen LogP contribution in [0.2, 0.25) is 0 Å². The molecule has 0 atom stereocenters. The lowest BCUT2D eigenvalue weighted by Gasteiger charge is -2.24. The molecule has 0 saturated carbocycles. The van der Waals surface area contributed by atoms with Crippen LogP contribution in [-0.4, -0.2) is 29.1 Å². The number of benzene rings is 2. The number of carbonyl (C=O) groups excluding carboxylic acids is 1. The summed E-state index contributed by atoms with van der Waals surface area (Å²) in [7, 11) is 0. The van der Waals surface area contributed by atoms with E-state index in [4.69, 9.17) is 14.2 Å². The molecule has 0 spiro atoms. The molecule has 0 fully saturated rings. The standard InChI is InChI=1S/C25H28O6/c1-14(2)13-29-18-7-8-19-20(12-18)30-21(22(19)26)11-17-9-15(3)23(16(4)10-17)31-25(5,6)24(27)28/h7-12,14H,13H2,1-6H3,(H,27,28)/b21-11-. The summed E-state index contributed by atoms with van der Waals surface area (Å²) in [5.74, 6) is 1.05. The van der Waals surface area contributed by atoms with Crippen molar-refractivity contribution in [3.8, 4) is 17.2 Å². The van der Waals surface area contributed by atoms with Crippen molar-refractivity contribution >= 4 is 17.8 Å². The highest BCUT2D eigenvalue weighted by Gasteiger charge is 2.31. The number of rotatable bonds is 7. The fraction of sp³-hybridized carbons (Fsp3) is 0.360. The zero-order chi connectivity index (χ0) is 22.9. The van der Waals surface area contributed by atoms with E-state index in [-0.39, 0.29) is 11.5 Å². The molecule has 1 aliphatic rings. The van der Waals surface area contributed by atoms with Gasteiger partial charge < -0.3 is 19.3 Å².